The van der Waals surface area contributed by atoms with Crippen LogP contribution in [0.4, 0.5) is 17.7 Å². The highest BCUT2D eigenvalue weighted by Crippen LogP contribution is 2.38. The molecule has 1 aliphatic rings. The van der Waals surface area contributed by atoms with Crippen molar-refractivity contribution in [1.29, 1.82) is 0 Å². The molecule has 4 aromatic heterocycles. The number of ether oxygens (including phenoxy) is 1. The quantitative estimate of drug-likeness (QED) is 0.514. The Bertz CT molecular complexity index is 1150. The highest BCUT2D eigenvalue weighted by molar-refractivity contribution is 7.18. The summed E-state index contributed by atoms with van der Waals surface area (Å²) in [7, 11) is 0. The van der Waals surface area contributed by atoms with Crippen LogP contribution in [0, 0.1) is 0 Å². The molecule has 0 amide bonds. The zero-order valence-electron chi connectivity index (χ0n) is 15.3. The fourth-order valence-electron chi connectivity index (χ4n) is 3.16. The smallest absolute Gasteiger partial charge is 0.219 e. The van der Waals surface area contributed by atoms with Crippen LogP contribution in [-0.2, 0) is 4.74 Å². The molecule has 0 aliphatic carbocycles. The average Bonchev–Trinajstić information content (AvgIpc) is 3.19. The molecule has 1 aliphatic heterocycles. The van der Waals surface area contributed by atoms with Crippen LogP contribution in [0.2, 0.25) is 0 Å². The Balaban J connectivity index is 1.71. The Morgan fingerprint density at radius 3 is 2.14 bits per heavy atom. The third-order valence-corrected chi connectivity index (χ3v) is 5.59. The van der Waals surface area contributed by atoms with Crippen molar-refractivity contribution in [2.24, 2.45) is 0 Å². The molecule has 0 atom stereocenters. The van der Waals surface area contributed by atoms with Crippen LogP contribution in [-0.4, -0.2) is 56.2 Å². The van der Waals surface area contributed by atoms with Crippen LogP contribution in [0.1, 0.15) is 0 Å². The van der Waals surface area contributed by atoms with Gasteiger partial charge in [0.25, 0.3) is 0 Å². The summed E-state index contributed by atoms with van der Waals surface area (Å²) in [6, 6.07) is 0. The first-order valence-electron chi connectivity index (χ1n) is 8.97. The fraction of sp³-hybridized carbons (Fsp3) is 0.222. The van der Waals surface area contributed by atoms with Crippen molar-refractivity contribution in [3.63, 3.8) is 0 Å². The minimum atomic E-state index is 0.207. The maximum Gasteiger partial charge on any atom is 0.219 e. The zero-order chi connectivity index (χ0) is 19.8. The van der Waals surface area contributed by atoms with E-state index in [0.717, 1.165) is 40.3 Å². The fourth-order valence-corrected chi connectivity index (χ4v) is 4.19. The summed E-state index contributed by atoms with van der Waals surface area (Å²) in [6.45, 7) is 2.86. The summed E-state index contributed by atoms with van der Waals surface area (Å²) in [5.41, 5.74) is 14.6. The van der Waals surface area contributed by atoms with Gasteiger partial charge in [0.05, 0.1) is 29.0 Å². The van der Waals surface area contributed by atoms with Gasteiger partial charge in [0, 0.05) is 54.4 Å². The van der Waals surface area contributed by atoms with E-state index in [-0.39, 0.29) is 11.9 Å². The standard InChI is InChI=1S/C18H17N9OS/c19-17-21-5-10(6-22-17)12-9-29-14-13(12)25-15(11-7-23-18(20)24-8-11)26-16(14)27-1-3-28-4-2-27/h5-9H,1-4H2,(H2,19,21,22)(H2,20,23,24). The lowest BCUT2D eigenvalue weighted by Crippen LogP contribution is -2.36. The normalized spacial score (nSPS) is 14.4. The van der Waals surface area contributed by atoms with Crippen molar-refractivity contribution >= 4 is 39.3 Å². The number of hydrogen-bond donors (Lipinski definition) is 2. The third kappa shape index (κ3) is 3.30. The molecule has 0 spiro atoms. The number of hydrogen-bond acceptors (Lipinski definition) is 11. The van der Waals surface area contributed by atoms with Crippen molar-refractivity contribution in [3.8, 4) is 22.5 Å². The predicted molar refractivity (Wildman–Crippen MR) is 111 cm³/mol. The van der Waals surface area contributed by atoms with E-state index in [0.29, 0.717) is 24.6 Å². The molecule has 10 nitrogen and oxygen atoms in total. The molecule has 146 valence electrons. The van der Waals surface area contributed by atoms with Crippen molar-refractivity contribution in [2.45, 2.75) is 0 Å². The SMILES string of the molecule is Nc1ncc(-c2nc(N3CCOCC3)c3scc(-c4cnc(N)nc4)c3n2)cn1. The second kappa shape index (κ2) is 7.18. The lowest BCUT2D eigenvalue weighted by Gasteiger charge is -2.28. The highest BCUT2D eigenvalue weighted by Gasteiger charge is 2.21. The molecule has 5 heterocycles. The summed E-state index contributed by atoms with van der Waals surface area (Å²) >= 11 is 1.59. The Hall–Kier alpha value is -3.44. The zero-order valence-corrected chi connectivity index (χ0v) is 16.1. The van der Waals surface area contributed by atoms with Crippen molar-refractivity contribution in [1.82, 2.24) is 29.9 Å². The first-order chi connectivity index (χ1) is 14.2. The van der Waals surface area contributed by atoms with E-state index in [9.17, 15) is 0 Å². The molecule has 0 unspecified atom stereocenters. The molecule has 0 bridgehead atoms. The molecular weight excluding hydrogens is 390 g/mol. The van der Waals surface area contributed by atoms with Gasteiger partial charge in [0.1, 0.15) is 0 Å². The van der Waals surface area contributed by atoms with E-state index >= 15 is 0 Å². The third-order valence-electron chi connectivity index (χ3n) is 4.62. The largest absolute Gasteiger partial charge is 0.378 e. The summed E-state index contributed by atoms with van der Waals surface area (Å²) in [5, 5.41) is 2.04. The Morgan fingerprint density at radius 1 is 0.862 bits per heavy atom. The minimum Gasteiger partial charge on any atom is -0.378 e. The van der Waals surface area contributed by atoms with Crippen molar-refractivity contribution in [3.05, 3.63) is 30.2 Å². The summed E-state index contributed by atoms with van der Waals surface area (Å²) in [5.74, 6) is 1.85. The Kier molecular flexibility index (Phi) is 4.37. The number of anilines is 3. The van der Waals surface area contributed by atoms with E-state index in [2.05, 4.69) is 24.8 Å². The van der Waals surface area contributed by atoms with Crippen LogP contribution in [0.3, 0.4) is 0 Å². The van der Waals surface area contributed by atoms with E-state index in [1.165, 1.54) is 0 Å². The molecule has 1 saturated heterocycles. The van der Waals surface area contributed by atoms with E-state index in [4.69, 9.17) is 26.2 Å². The topological polar surface area (TPSA) is 142 Å². The van der Waals surface area contributed by atoms with Crippen LogP contribution in [0.25, 0.3) is 32.7 Å². The van der Waals surface area contributed by atoms with Gasteiger partial charge < -0.3 is 21.1 Å². The molecule has 1 fully saturated rings. The molecule has 0 saturated carbocycles. The number of aromatic nitrogens is 6. The number of nitrogen functional groups attached to an aromatic ring is 2. The number of nitrogens with zero attached hydrogens (tertiary/aromatic N) is 7. The molecule has 4 N–H and O–H groups in total. The average molecular weight is 407 g/mol. The van der Waals surface area contributed by atoms with E-state index in [1.54, 1.807) is 36.1 Å². The lowest BCUT2D eigenvalue weighted by atomic mass is 10.1. The monoisotopic (exact) mass is 407 g/mol. The molecule has 29 heavy (non-hydrogen) atoms. The lowest BCUT2D eigenvalue weighted by molar-refractivity contribution is 0.122. The maximum atomic E-state index is 5.64. The summed E-state index contributed by atoms with van der Waals surface area (Å²) in [6.07, 6.45) is 6.66. The number of morpholine rings is 1. The van der Waals surface area contributed by atoms with Crippen LogP contribution in [0.15, 0.2) is 30.2 Å². The van der Waals surface area contributed by atoms with Crippen LogP contribution >= 0.6 is 11.3 Å². The van der Waals surface area contributed by atoms with E-state index in [1.807, 2.05) is 5.38 Å². The van der Waals surface area contributed by atoms with Gasteiger partial charge in [-0.05, 0) is 0 Å². The van der Waals surface area contributed by atoms with Gasteiger partial charge in [-0.1, -0.05) is 0 Å². The maximum absolute atomic E-state index is 5.64. The van der Waals surface area contributed by atoms with Gasteiger partial charge in [0.15, 0.2) is 11.6 Å². The van der Waals surface area contributed by atoms with Crippen LogP contribution in [0.5, 0.6) is 0 Å². The summed E-state index contributed by atoms with van der Waals surface area (Å²) < 4.78 is 6.50. The highest BCUT2D eigenvalue weighted by atomic mass is 32.1. The second-order valence-corrected chi connectivity index (χ2v) is 7.34. The van der Waals surface area contributed by atoms with Crippen molar-refractivity contribution in [2.75, 3.05) is 42.7 Å². The predicted octanol–water partition coefficient (Wildman–Crippen LogP) is 1.61. The molecule has 4 aromatic rings. The molecular formula is C18H17N9OS. The molecule has 0 aromatic carbocycles. The van der Waals surface area contributed by atoms with Crippen LogP contribution < -0.4 is 16.4 Å². The molecule has 0 radical (unpaired) electrons. The first kappa shape index (κ1) is 17.6. The van der Waals surface area contributed by atoms with E-state index < -0.39 is 0 Å². The summed E-state index contributed by atoms with van der Waals surface area (Å²) in [4.78, 5) is 28.3. The van der Waals surface area contributed by atoms with Gasteiger partial charge in [0.2, 0.25) is 11.9 Å². The number of rotatable bonds is 3. The number of thiophene rings is 1. The minimum absolute atomic E-state index is 0.207. The van der Waals surface area contributed by atoms with Gasteiger partial charge in [-0.3, -0.25) is 0 Å². The van der Waals surface area contributed by atoms with Gasteiger partial charge >= 0.3 is 0 Å². The number of fused-ring (bicyclic) bond motifs is 1. The molecule has 11 heteroatoms. The first-order valence-corrected chi connectivity index (χ1v) is 9.85. The van der Waals surface area contributed by atoms with Crippen molar-refractivity contribution < 1.29 is 4.74 Å². The second-order valence-electron chi connectivity index (χ2n) is 6.46. The molecule has 5 rings (SSSR count). The Labute approximate surface area is 169 Å². The number of nitrogens with two attached hydrogens (primary N) is 2. The van der Waals surface area contributed by atoms with Gasteiger partial charge in [-0.2, -0.15) is 0 Å². The Morgan fingerprint density at radius 2 is 1.48 bits per heavy atom. The van der Waals surface area contributed by atoms with Gasteiger partial charge in [-0.15, -0.1) is 11.3 Å². The van der Waals surface area contributed by atoms with Gasteiger partial charge in [-0.25, -0.2) is 29.9 Å².